The van der Waals surface area contributed by atoms with Crippen molar-refractivity contribution >= 4 is 40.7 Å². The lowest BCUT2D eigenvalue weighted by atomic mass is 10.1. The van der Waals surface area contributed by atoms with Gasteiger partial charge in [-0.05, 0) is 55.7 Å². The topological polar surface area (TPSA) is 69.7 Å². The molecule has 2 aliphatic rings. The minimum Gasteiger partial charge on any atom is -0.350 e. The van der Waals surface area contributed by atoms with E-state index in [0.717, 1.165) is 38.4 Å². The van der Waals surface area contributed by atoms with Gasteiger partial charge in [-0.15, -0.1) is 0 Å². The van der Waals surface area contributed by atoms with Crippen molar-refractivity contribution in [2.75, 3.05) is 23.3 Å². The molecule has 0 spiro atoms. The molecular weight excluding hydrogens is 409 g/mol. The average molecular weight is 428 g/mol. The molecule has 3 amide bonds. The summed E-state index contributed by atoms with van der Waals surface area (Å²) in [6, 6.07) is 12.1. The first-order chi connectivity index (χ1) is 14.5. The van der Waals surface area contributed by atoms with E-state index in [9.17, 15) is 18.8 Å². The fraction of sp³-hybridized carbons (Fsp3) is 0.227. The molecule has 0 aliphatic carbocycles. The van der Waals surface area contributed by atoms with Crippen molar-refractivity contribution in [3.05, 3.63) is 70.6 Å². The second-order valence-corrected chi connectivity index (χ2v) is 7.52. The first-order valence-electron chi connectivity index (χ1n) is 9.67. The molecule has 2 aromatic carbocycles. The SMILES string of the molecule is O=C(c1ccc(NC2=C(Cl)C(=O)N(c3ccccc3F)C2=O)cc1)N1CCCCC1. The molecule has 154 valence electrons. The van der Waals surface area contributed by atoms with E-state index in [0.29, 0.717) is 16.2 Å². The van der Waals surface area contributed by atoms with Crippen LogP contribution in [0.25, 0.3) is 0 Å². The van der Waals surface area contributed by atoms with Gasteiger partial charge in [0.15, 0.2) is 0 Å². The molecule has 0 unspecified atom stereocenters. The van der Waals surface area contributed by atoms with E-state index < -0.39 is 17.6 Å². The molecule has 0 aromatic heterocycles. The first-order valence-corrected chi connectivity index (χ1v) is 10.0. The second kappa shape index (κ2) is 8.28. The summed E-state index contributed by atoms with van der Waals surface area (Å²) in [4.78, 5) is 40.3. The van der Waals surface area contributed by atoms with Crippen molar-refractivity contribution < 1.29 is 18.8 Å². The zero-order chi connectivity index (χ0) is 21.3. The highest BCUT2D eigenvalue weighted by Crippen LogP contribution is 2.31. The Balaban J connectivity index is 1.51. The maximum absolute atomic E-state index is 14.1. The number of halogens is 2. The number of hydrogen-bond acceptors (Lipinski definition) is 4. The molecule has 6 nitrogen and oxygen atoms in total. The predicted octanol–water partition coefficient (Wildman–Crippen LogP) is 3.89. The van der Waals surface area contributed by atoms with Crippen LogP contribution in [0.3, 0.4) is 0 Å². The zero-order valence-electron chi connectivity index (χ0n) is 16.0. The van der Waals surface area contributed by atoms with Crippen LogP contribution in [0, 0.1) is 5.82 Å². The molecule has 0 bridgehead atoms. The molecule has 1 saturated heterocycles. The third-order valence-corrected chi connectivity index (χ3v) is 5.52. The molecule has 0 radical (unpaired) electrons. The van der Waals surface area contributed by atoms with Gasteiger partial charge in [0, 0.05) is 24.3 Å². The summed E-state index contributed by atoms with van der Waals surface area (Å²) in [5.41, 5.74) is 0.726. The van der Waals surface area contributed by atoms with Crippen molar-refractivity contribution in [2.45, 2.75) is 19.3 Å². The van der Waals surface area contributed by atoms with Gasteiger partial charge in [0.05, 0.1) is 5.69 Å². The molecular formula is C22H19ClFN3O3. The van der Waals surface area contributed by atoms with Crippen LogP contribution in [0.4, 0.5) is 15.8 Å². The summed E-state index contributed by atoms with van der Waals surface area (Å²) in [6.45, 7) is 1.51. The van der Waals surface area contributed by atoms with Crippen molar-refractivity contribution in [3.63, 3.8) is 0 Å². The van der Waals surface area contributed by atoms with Crippen LogP contribution in [-0.4, -0.2) is 35.7 Å². The monoisotopic (exact) mass is 427 g/mol. The maximum atomic E-state index is 14.1. The van der Waals surface area contributed by atoms with Crippen molar-refractivity contribution in [3.8, 4) is 0 Å². The van der Waals surface area contributed by atoms with Gasteiger partial charge in [0.2, 0.25) is 0 Å². The fourth-order valence-corrected chi connectivity index (χ4v) is 3.80. The van der Waals surface area contributed by atoms with E-state index in [1.165, 1.54) is 18.2 Å². The van der Waals surface area contributed by atoms with Crippen molar-refractivity contribution in [1.29, 1.82) is 0 Å². The van der Waals surface area contributed by atoms with Gasteiger partial charge in [-0.3, -0.25) is 14.4 Å². The maximum Gasteiger partial charge on any atom is 0.283 e. The van der Waals surface area contributed by atoms with Crippen LogP contribution < -0.4 is 10.2 Å². The normalized spacial score (nSPS) is 17.0. The van der Waals surface area contributed by atoms with Gasteiger partial charge in [-0.1, -0.05) is 23.7 Å². The van der Waals surface area contributed by atoms with Gasteiger partial charge in [-0.2, -0.15) is 0 Å². The fourth-order valence-electron chi connectivity index (χ4n) is 3.58. The van der Waals surface area contributed by atoms with E-state index in [2.05, 4.69) is 5.32 Å². The number of hydrogen-bond donors (Lipinski definition) is 1. The molecule has 0 saturated carbocycles. The molecule has 2 aliphatic heterocycles. The summed E-state index contributed by atoms with van der Waals surface area (Å²) in [5, 5.41) is 2.50. The Hall–Kier alpha value is -3.19. The van der Waals surface area contributed by atoms with Gasteiger partial charge in [0.1, 0.15) is 16.5 Å². The predicted molar refractivity (Wildman–Crippen MR) is 112 cm³/mol. The number of likely N-dealkylation sites (tertiary alicyclic amines) is 1. The number of rotatable bonds is 4. The summed E-state index contributed by atoms with van der Waals surface area (Å²) in [7, 11) is 0. The van der Waals surface area contributed by atoms with Gasteiger partial charge < -0.3 is 10.2 Å². The molecule has 1 N–H and O–H groups in total. The van der Waals surface area contributed by atoms with Crippen molar-refractivity contribution in [1.82, 2.24) is 4.90 Å². The lowest BCUT2D eigenvalue weighted by Gasteiger charge is -2.26. The zero-order valence-corrected chi connectivity index (χ0v) is 16.8. The highest BCUT2D eigenvalue weighted by atomic mass is 35.5. The Morgan fingerprint density at radius 1 is 0.933 bits per heavy atom. The van der Waals surface area contributed by atoms with E-state index >= 15 is 0 Å². The summed E-state index contributed by atoms with van der Waals surface area (Å²) in [5.74, 6) is -2.28. The van der Waals surface area contributed by atoms with E-state index in [-0.39, 0.29) is 22.3 Å². The second-order valence-electron chi connectivity index (χ2n) is 7.14. The lowest BCUT2D eigenvalue weighted by molar-refractivity contribution is -0.120. The smallest absolute Gasteiger partial charge is 0.283 e. The van der Waals surface area contributed by atoms with Crippen LogP contribution in [0.1, 0.15) is 29.6 Å². The number of carbonyl (C=O) groups excluding carboxylic acids is 3. The lowest BCUT2D eigenvalue weighted by Crippen LogP contribution is -2.35. The van der Waals surface area contributed by atoms with Crippen LogP contribution >= 0.6 is 11.6 Å². The Morgan fingerprint density at radius 3 is 2.27 bits per heavy atom. The Labute approximate surface area is 177 Å². The number of benzene rings is 2. The Morgan fingerprint density at radius 2 is 1.60 bits per heavy atom. The summed E-state index contributed by atoms with van der Waals surface area (Å²) < 4.78 is 14.1. The first kappa shape index (κ1) is 20.1. The number of para-hydroxylation sites is 1. The number of imide groups is 1. The van der Waals surface area contributed by atoms with Gasteiger partial charge in [0.25, 0.3) is 17.7 Å². The summed E-state index contributed by atoms with van der Waals surface area (Å²) >= 11 is 6.08. The summed E-state index contributed by atoms with van der Waals surface area (Å²) in [6.07, 6.45) is 3.15. The van der Waals surface area contributed by atoms with Gasteiger partial charge in [-0.25, -0.2) is 9.29 Å². The van der Waals surface area contributed by atoms with E-state index in [1.807, 2.05) is 4.90 Å². The van der Waals surface area contributed by atoms with E-state index in [4.69, 9.17) is 11.6 Å². The standard InChI is InChI=1S/C22H19ClFN3O3/c23-18-19(22(30)27(21(18)29)17-7-3-2-6-16(17)24)25-15-10-8-14(9-11-15)20(28)26-12-4-1-5-13-26/h2-3,6-11,25H,1,4-5,12-13H2. The minimum absolute atomic E-state index is 0.0312. The van der Waals surface area contributed by atoms with Crippen LogP contribution in [-0.2, 0) is 9.59 Å². The number of amides is 3. The number of piperidine rings is 1. The third-order valence-electron chi connectivity index (χ3n) is 5.17. The number of nitrogens with one attached hydrogen (secondary N) is 1. The minimum atomic E-state index is -0.800. The van der Waals surface area contributed by atoms with E-state index in [1.54, 1.807) is 24.3 Å². The van der Waals surface area contributed by atoms with Crippen LogP contribution in [0.2, 0.25) is 0 Å². The molecule has 30 heavy (non-hydrogen) atoms. The van der Waals surface area contributed by atoms with Gasteiger partial charge >= 0.3 is 0 Å². The highest BCUT2D eigenvalue weighted by Gasteiger charge is 2.40. The highest BCUT2D eigenvalue weighted by molar-refractivity contribution is 6.53. The third kappa shape index (κ3) is 3.68. The molecule has 8 heteroatoms. The average Bonchev–Trinajstić information content (AvgIpc) is 2.98. The number of carbonyl (C=O) groups is 3. The molecule has 1 fully saturated rings. The largest absolute Gasteiger partial charge is 0.350 e. The van der Waals surface area contributed by atoms with Crippen LogP contribution in [0.15, 0.2) is 59.3 Å². The quantitative estimate of drug-likeness (QED) is 0.751. The Kier molecular flexibility index (Phi) is 5.55. The number of anilines is 2. The van der Waals surface area contributed by atoms with Crippen molar-refractivity contribution in [2.24, 2.45) is 0 Å². The molecule has 0 atom stereocenters. The molecule has 2 aromatic rings. The Bertz CT molecular complexity index is 1050. The van der Waals surface area contributed by atoms with Crippen LogP contribution in [0.5, 0.6) is 0 Å². The number of nitrogens with zero attached hydrogens (tertiary/aromatic N) is 2. The molecule has 4 rings (SSSR count). The molecule has 2 heterocycles.